The number of amides is 1. The van der Waals surface area contributed by atoms with Gasteiger partial charge in [-0.05, 0) is 60.2 Å². The van der Waals surface area contributed by atoms with Gasteiger partial charge in [-0.25, -0.2) is 4.79 Å². The van der Waals surface area contributed by atoms with Crippen LogP contribution in [0.4, 0.5) is 10.5 Å². The van der Waals surface area contributed by atoms with Crippen LogP contribution in [0.15, 0.2) is 42.7 Å². The summed E-state index contributed by atoms with van der Waals surface area (Å²) in [5, 5.41) is 2.90. The number of rotatable bonds is 5. The first-order chi connectivity index (χ1) is 14.0. The monoisotopic (exact) mass is 395 g/mol. The number of benzene rings is 1. The van der Waals surface area contributed by atoms with E-state index < -0.39 is 0 Å². The number of ether oxygens (including phenoxy) is 2. The Labute approximate surface area is 172 Å². The van der Waals surface area contributed by atoms with Gasteiger partial charge in [0.1, 0.15) is 5.75 Å². The zero-order valence-electron chi connectivity index (χ0n) is 17.2. The van der Waals surface area contributed by atoms with Gasteiger partial charge in [0.05, 0.1) is 0 Å². The van der Waals surface area contributed by atoms with Crippen molar-refractivity contribution in [1.82, 2.24) is 10.3 Å². The molecule has 0 saturated carbocycles. The summed E-state index contributed by atoms with van der Waals surface area (Å²) >= 11 is 0. The first-order valence-corrected chi connectivity index (χ1v) is 10.3. The maximum absolute atomic E-state index is 12.2. The van der Waals surface area contributed by atoms with Crippen molar-refractivity contribution in [2.45, 2.75) is 38.6 Å². The molecule has 0 bridgehead atoms. The predicted molar refractivity (Wildman–Crippen MR) is 112 cm³/mol. The molecule has 0 aliphatic carbocycles. The van der Waals surface area contributed by atoms with E-state index in [2.05, 4.69) is 35.1 Å². The number of anilines is 1. The fourth-order valence-electron chi connectivity index (χ4n) is 4.21. The molecule has 0 spiro atoms. The van der Waals surface area contributed by atoms with Gasteiger partial charge in [0, 0.05) is 56.3 Å². The Morgan fingerprint density at radius 3 is 2.76 bits per heavy atom. The SMILES string of the molecule is CC1(C)CN(Cc2ccncc2)c2ccc(OC(=O)NCC3CCOCC3)cc21. The van der Waals surface area contributed by atoms with Crippen molar-refractivity contribution in [3.05, 3.63) is 53.9 Å². The van der Waals surface area contributed by atoms with Crippen LogP contribution in [0.1, 0.15) is 37.8 Å². The van der Waals surface area contributed by atoms with Crippen LogP contribution in [-0.4, -0.2) is 37.4 Å². The van der Waals surface area contributed by atoms with Crippen LogP contribution in [0, 0.1) is 5.92 Å². The molecule has 29 heavy (non-hydrogen) atoms. The Morgan fingerprint density at radius 1 is 1.24 bits per heavy atom. The average Bonchev–Trinajstić information content (AvgIpc) is 2.97. The molecule has 6 nitrogen and oxygen atoms in total. The number of nitrogens with one attached hydrogen (secondary N) is 1. The maximum atomic E-state index is 12.2. The van der Waals surface area contributed by atoms with E-state index in [1.807, 2.05) is 36.7 Å². The highest BCUT2D eigenvalue weighted by atomic mass is 16.6. The van der Waals surface area contributed by atoms with Crippen LogP contribution < -0.4 is 15.0 Å². The molecule has 2 aromatic rings. The molecule has 2 aliphatic heterocycles. The molecule has 1 saturated heterocycles. The second-order valence-corrected chi connectivity index (χ2v) is 8.60. The van der Waals surface area contributed by atoms with Gasteiger partial charge < -0.3 is 19.7 Å². The minimum atomic E-state index is -0.388. The van der Waals surface area contributed by atoms with Crippen LogP contribution >= 0.6 is 0 Å². The molecule has 0 radical (unpaired) electrons. The molecular weight excluding hydrogens is 366 g/mol. The van der Waals surface area contributed by atoms with E-state index >= 15 is 0 Å². The van der Waals surface area contributed by atoms with Gasteiger partial charge in [0.25, 0.3) is 0 Å². The van der Waals surface area contributed by atoms with Crippen molar-refractivity contribution in [2.24, 2.45) is 5.92 Å². The topological polar surface area (TPSA) is 63.7 Å². The summed E-state index contributed by atoms with van der Waals surface area (Å²) in [6, 6.07) is 10.0. The van der Waals surface area contributed by atoms with Crippen molar-refractivity contribution in [1.29, 1.82) is 0 Å². The Kier molecular flexibility index (Phi) is 5.72. The van der Waals surface area contributed by atoms with Crippen molar-refractivity contribution in [2.75, 3.05) is 31.2 Å². The largest absolute Gasteiger partial charge is 0.412 e. The van der Waals surface area contributed by atoms with Gasteiger partial charge in [0.2, 0.25) is 0 Å². The summed E-state index contributed by atoms with van der Waals surface area (Å²) in [6.45, 7) is 8.41. The Bertz CT molecular complexity index is 848. The first kappa shape index (κ1) is 19.7. The van der Waals surface area contributed by atoms with Crippen LogP contribution in [0.25, 0.3) is 0 Å². The third-order valence-corrected chi connectivity index (χ3v) is 5.83. The quantitative estimate of drug-likeness (QED) is 0.832. The fraction of sp³-hybridized carbons (Fsp3) is 0.478. The molecule has 0 unspecified atom stereocenters. The van der Waals surface area contributed by atoms with E-state index in [-0.39, 0.29) is 11.5 Å². The number of pyridine rings is 1. The molecule has 1 amide bonds. The predicted octanol–water partition coefficient (Wildman–Crippen LogP) is 3.89. The molecule has 1 fully saturated rings. The van der Waals surface area contributed by atoms with E-state index in [0.717, 1.165) is 39.1 Å². The minimum Gasteiger partial charge on any atom is -0.410 e. The van der Waals surface area contributed by atoms with E-state index in [9.17, 15) is 4.79 Å². The average molecular weight is 396 g/mol. The summed E-state index contributed by atoms with van der Waals surface area (Å²) in [5.41, 5.74) is 3.62. The molecule has 1 aromatic carbocycles. The summed E-state index contributed by atoms with van der Waals surface area (Å²) in [6.07, 6.45) is 5.24. The summed E-state index contributed by atoms with van der Waals surface area (Å²) in [7, 11) is 0. The van der Waals surface area contributed by atoms with Gasteiger partial charge in [-0.2, -0.15) is 0 Å². The fourth-order valence-corrected chi connectivity index (χ4v) is 4.21. The van der Waals surface area contributed by atoms with Crippen molar-refractivity contribution in [3.63, 3.8) is 0 Å². The maximum Gasteiger partial charge on any atom is 0.412 e. The van der Waals surface area contributed by atoms with E-state index in [4.69, 9.17) is 9.47 Å². The lowest BCUT2D eigenvalue weighted by Gasteiger charge is -2.22. The summed E-state index contributed by atoms with van der Waals surface area (Å²) in [4.78, 5) is 18.7. The first-order valence-electron chi connectivity index (χ1n) is 10.3. The molecule has 154 valence electrons. The second-order valence-electron chi connectivity index (χ2n) is 8.60. The normalized spacial score (nSPS) is 18.3. The Hall–Kier alpha value is -2.60. The Balaban J connectivity index is 1.41. The van der Waals surface area contributed by atoms with Gasteiger partial charge in [-0.1, -0.05) is 13.8 Å². The number of hydrogen-bond acceptors (Lipinski definition) is 5. The summed E-state index contributed by atoms with van der Waals surface area (Å²) < 4.78 is 10.9. The zero-order valence-corrected chi connectivity index (χ0v) is 17.2. The molecule has 1 N–H and O–H groups in total. The van der Waals surface area contributed by atoms with Crippen LogP contribution in [0.2, 0.25) is 0 Å². The number of fused-ring (bicyclic) bond motifs is 1. The zero-order chi connectivity index (χ0) is 20.3. The van der Waals surface area contributed by atoms with E-state index in [1.54, 1.807) is 0 Å². The van der Waals surface area contributed by atoms with E-state index in [1.165, 1.54) is 16.8 Å². The van der Waals surface area contributed by atoms with Gasteiger partial charge in [-0.15, -0.1) is 0 Å². The van der Waals surface area contributed by atoms with Crippen LogP contribution in [-0.2, 0) is 16.7 Å². The van der Waals surface area contributed by atoms with Crippen LogP contribution in [0.3, 0.4) is 0 Å². The highest BCUT2D eigenvalue weighted by Crippen LogP contribution is 2.42. The lowest BCUT2D eigenvalue weighted by atomic mass is 9.87. The number of aromatic nitrogens is 1. The molecule has 3 heterocycles. The molecule has 4 rings (SSSR count). The van der Waals surface area contributed by atoms with Crippen LogP contribution in [0.5, 0.6) is 5.75 Å². The minimum absolute atomic E-state index is 0.0136. The van der Waals surface area contributed by atoms with Crippen molar-refractivity contribution >= 4 is 11.8 Å². The number of hydrogen-bond donors (Lipinski definition) is 1. The van der Waals surface area contributed by atoms with Crippen molar-refractivity contribution in [3.8, 4) is 5.75 Å². The standard InChI is InChI=1S/C23H29N3O3/c1-23(2)16-26(15-18-5-9-24-10-6-18)21-4-3-19(13-20(21)23)29-22(27)25-14-17-7-11-28-12-8-17/h3-6,9-10,13,17H,7-8,11-12,14-16H2,1-2H3,(H,25,27). The number of carbonyl (C=O) groups is 1. The highest BCUT2D eigenvalue weighted by molar-refractivity contribution is 5.72. The molecule has 6 heteroatoms. The third kappa shape index (κ3) is 4.70. The Morgan fingerprint density at radius 2 is 2.00 bits per heavy atom. The number of nitrogens with zero attached hydrogens (tertiary/aromatic N) is 2. The molecular formula is C23H29N3O3. The van der Waals surface area contributed by atoms with Gasteiger partial charge >= 0.3 is 6.09 Å². The molecule has 2 aliphatic rings. The van der Waals surface area contributed by atoms with E-state index in [0.29, 0.717) is 18.2 Å². The molecule has 0 atom stereocenters. The summed E-state index contributed by atoms with van der Waals surface area (Å²) in [5.74, 6) is 1.06. The lowest BCUT2D eigenvalue weighted by Crippen LogP contribution is -2.34. The third-order valence-electron chi connectivity index (χ3n) is 5.83. The lowest BCUT2D eigenvalue weighted by molar-refractivity contribution is 0.0663. The van der Waals surface area contributed by atoms with Crippen molar-refractivity contribution < 1.29 is 14.3 Å². The van der Waals surface area contributed by atoms with Gasteiger partial charge in [-0.3, -0.25) is 4.98 Å². The second kappa shape index (κ2) is 8.41. The molecule has 1 aromatic heterocycles. The number of carbonyl (C=O) groups excluding carboxylic acids is 1. The smallest absolute Gasteiger partial charge is 0.410 e. The van der Waals surface area contributed by atoms with Gasteiger partial charge in [0.15, 0.2) is 0 Å². The highest BCUT2D eigenvalue weighted by Gasteiger charge is 2.35.